The van der Waals surface area contributed by atoms with E-state index in [0.717, 1.165) is 44.5 Å². The number of hydrogen-bond acceptors (Lipinski definition) is 5. The minimum Gasteiger partial charge on any atom is -0.393 e. The van der Waals surface area contributed by atoms with Gasteiger partial charge < -0.3 is 14.5 Å². The van der Waals surface area contributed by atoms with Crippen LogP contribution < -0.4 is 0 Å². The Labute approximate surface area is 141 Å². The van der Waals surface area contributed by atoms with Gasteiger partial charge in [0.1, 0.15) is 0 Å². The summed E-state index contributed by atoms with van der Waals surface area (Å²) in [4.78, 5) is 6.84. The number of aliphatic hydroxyl groups is 1. The molecule has 0 spiro atoms. The van der Waals surface area contributed by atoms with Crippen LogP contribution in [-0.4, -0.2) is 45.9 Å². The third-order valence-corrected chi connectivity index (χ3v) is 4.78. The molecule has 1 aromatic heterocycles. The number of hydrogen-bond donors (Lipinski definition) is 1. The molecule has 1 N–H and O–H groups in total. The van der Waals surface area contributed by atoms with Gasteiger partial charge in [-0.05, 0) is 63.0 Å². The van der Waals surface area contributed by atoms with Crippen LogP contribution in [0.1, 0.15) is 25.7 Å². The fourth-order valence-electron chi connectivity index (χ4n) is 2.99. The van der Waals surface area contributed by atoms with Gasteiger partial charge in [-0.3, -0.25) is 0 Å². The SMILES string of the molecule is CC(O)C1CCN(CCc2nc(-c3ccc(Cl)cc3)no2)CC1. The van der Waals surface area contributed by atoms with Crippen LogP contribution >= 0.6 is 11.6 Å². The largest absolute Gasteiger partial charge is 0.393 e. The van der Waals surface area contributed by atoms with Crippen molar-refractivity contribution in [1.29, 1.82) is 0 Å². The molecule has 0 aliphatic carbocycles. The van der Waals surface area contributed by atoms with Crippen LogP contribution in [0, 0.1) is 5.92 Å². The zero-order chi connectivity index (χ0) is 16.2. The minimum atomic E-state index is -0.199. The highest BCUT2D eigenvalue weighted by atomic mass is 35.5. The second-order valence-electron chi connectivity index (χ2n) is 6.19. The highest BCUT2D eigenvalue weighted by Gasteiger charge is 2.22. The molecular formula is C17H22ClN3O2. The van der Waals surface area contributed by atoms with Gasteiger partial charge in [-0.15, -0.1) is 0 Å². The summed E-state index contributed by atoms with van der Waals surface area (Å²) in [5, 5.41) is 14.4. The summed E-state index contributed by atoms with van der Waals surface area (Å²) in [6.45, 7) is 4.84. The van der Waals surface area contributed by atoms with Gasteiger partial charge in [0.2, 0.25) is 11.7 Å². The highest BCUT2D eigenvalue weighted by molar-refractivity contribution is 6.30. The molecule has 0 bridgehead atoms. The molecule has 3 rings (SSSR count). The Morgan fingerprint density at radius 2 is 2.00 bits per heavy atom. The summed E-state index contributed by atoms with van der Waals surface area (Å²) in [5.74, 6) is 1.70. The summed E-state index contributed by atoms with van der Waals surface area (Å²) in [7, 11) is 0. The molecule has 1 saturated heterocycles. The Balaban J connectivity index is 1.51. The van der Waals surface area contributed by atoms with Crippen molar-refractivity contribution in [3.05, 3.63) is 35.2 Å². The number of aliphatic hydroxyl groups excluding tert-OH is 1. The standard InChI is InChI=1S/C17H22ClN3O2/c1-12(22)13-6-9-21(10-7-13)11-8-16-19-17(20-23-16)14-2-4-15(18)5-3-14/h2-5,12-13,22H,6-11H2,1H3. The first-order valence-corrected chi connectivity index (χ1v) is 8.48. The van der Waals surface area contributed by atoms with E-state index in [-0.39, 0.29) is 6.10 Å². The topological polar surface area (TPSA) is 62.4 Å². The van der Waals surface area contributed by atoms with Crippen molar-refractivity contribution in [1.82, 2.24) is 15.0 Å². The molecule has 124 valence electrons. The van der Waals surface area contributed by atoms with Crippen LogP contribution in [0.3, 0.4) is 0 Å². The zero-order valence-electron chi connectivity index (χ0n) is 13.3. The molecule has 1 fully saturated rings. The average Bonchev–Trinajstić information content (AvgIpc) is 3.03. The van der Waals surface area contributed by atoms with E-state index in [1.807, 2.05) is 31.2 Å². The van der Waals surface area contributed by atoms with Crippen LogP contribution in [0.5, 0.6) is 0 Å². The molecule has 2 aromatic rings. The van der Waals surface area contributed by atoms with Gasteiger partial charge in [-0.2, -0.15) is 4.98 Å². The summed E-state index contributed by atoms with van der Waals surface area (Å²) in [6.07, 6.45) is 2.66. The zero-order valence-corrected chi connectivity index (χ0v) is 14.0. The van der Waals surface area contributed by atoms with Crippen molar-refractivity contribution in [2.75, 3.05) is 19.6 Å². The maximum Gasteiger partial charge on any atom is 0.228 e. The predicted octanol–water partition coefficient (Wildman–Crippen LogP) is 3.03. The Hall–Kier alpha value is -1.43. The van der Waals surface area contributed by atoms with Gasteiger partial charge in [-0.25, -0.2) is 0 Å². The Morgan fingerprint density at radius 1 is 1.30 bits per heavy atom. The maximum absolute atomic E-state index is 9.64. The lowest BCUT2D eigenvalue weighted by molar-refractivity contribution is 0.0716. The van der Waals surface area contributed by atoms with Crippen LogP contribution in [0.25, 0.3) is 11.4 Å². The fraction of sp³-hybridized carbons (Fsp3) is 0.529. The number of rotatable bonds is 5. The Morgan fingerprint density at radius 3 is 2.65 bits per heavy atom. The lowest BCUT2D eigenvalue weighted by atomic mass is 9.92. The van der Waals surface area contributed by atoms with Crippen LogP contribution in [0.4, 0.5) is 0 Å². The molecule has 23 heavy (non-hydrogen) atoms. The van der Waals surface area contributed by atoms with Gasteiger partial charge in [-0.1, -0.05) is 16.8 Å². The summed E-state index contributed by atoms with van der Waals surface area (Å²) < 4.78 is 5.34. The lowest BCUT2D eigenvalue weighted by Gasteiger charge is -2.32. The second kappa shape index (κ2) is 7.43. The first-order chi connectivity index (χ1) is 11.1. The molecule has 1 aromatic carbocycles. The summed E-state index contributed by atoms with van der Waals surface area (Å²) in [5.41, 5.74) is 0.905. The number of nitrogens with zero attached hydrogens (tertiary/aromatic N) is 3. The molecule has 0 radical (unpaired) electrons. The van der Waals surface area contributed by atoms with Gasteiger partial charge in [0, 0.05) is 23.6 Å². The molecule has 1 aliphatic heterocycles. The minimum absolute atomic E-state index is 0.199. The van der Waals surface area contributed by atoms with Gasteiger partial charge in [0.05, 0.1) is 6.10 Å². The normalized spacial score (nSPS) is 18.2. The smallest absolute Gasteiger partial charge is 0.228 e. The number of piperidine rings is 1. The van der Waals surface area contributed by atoms with Crippen LogP contribution in [0.15, 0.2) is 28.8 Å². The van der Waals surface area contributed by atoms with Crippen molar-refractivity contribution in [3.8, 4) is 11.4 Å². The van der Waals surface area contributed by atoms with Gasteiger partial charge >= 0.3 is 0 Å². The van der Waals surface area contributed by atoms with E-state index in [2.05, 4.69) is 15.0 Å². The van der Waals surface area contributed by atoms with E-state index in [1.165, 1.54) is 0 Å². The van der Waals surface area contributed by atoms with E-state index in [9.17, 15) is 5.11 Å². The maximum atomic E-state index is 9.64. The summed E-state index contributed by atoms with van der Waals surface area (Å²) >= 11 is 5.88. The van der Waals surface area contributed by atoms with E-state index < -0.39 is 0 Å². The first-order valence-electron chi connectivity index (χ1n) is 8.11. The molecule has 1 aliphatic rings. The molecule has 6 heteroatoms. The number of benzene rings is 1. The average molecular weight is 336 g/mol. The van der Waals surface area contributed by atoms with E-state index in [4.69, 9.17) is 16.1 Å². The van der Waals surface area contributed by atoms with Crippen molar-refractivity contribution in [2.24, 2.45) is 5.92 Å². The Bertz CT molecular complexity index is 619. The molecular weight excluding hydrogens is 314 g/mol. The van der Waals surface area contributed by atoms with E-state index in [1.54, 1.807) is 0 Å². The second-order valence-corrected chi connectivity index (χ2v) is 6.62. The van der Waals surface area contributed by atoms with Crippen molar-refractivity contribution >= 4 is 11.6 Å². The van der Waals surface area contributed by atoms with E-state index >= 15 is 0 Å². The highest BCUT2D eigenvalue weighted by Crippen LogP contribution is 2.21. The lowest BCUT2D eigenvalue weighted by Crippen LogP contribution is -2.38. The molecule has 0 amide bonds. The van der Waals surface area contributed by atoms with Gasteiger partial charge in [0.15, 0.2) is 0 Å². The van der Waals surface area contributed by atoms with Crippen molar-refractivity contribution in [2.45, 2.75) is 32.3 Å². The van der Waals surface area contributed by atoms with Crippen LogP contribution in [-0.2, 0) is 6.42 Å². The predicted molar refractivity (Wildman–Crippen MR) is 89.3 cm³/mol. The first kappa shape index (κ1) is 16.4. The molecule has 5 nitrogen and oxygen atoms in total. The molecule has 0 saturated carbocycles. The fourth-order valence-corrected chi connectivity index (χ4v) is 3.11. The van der Waals surface area contributed by atoms with E-state index in [0.29, 0.717) is 22.7 Å². The number of likely N-dealkylation sites (tertiary alicyclic amines) is 1. The number of halogens is 1. The van der Waals surface area contributed by atoms with Crippen molar-refractivity contribution in [3.63, 3.8) is 0 Å². The monoisotopic (exact) mass is 335 g/mol. The third-order valence-electron chi connectivity index (χ3n) is 4.53. The molecule has 1 atom stereocenters. The summed E-state index contributed by atoms with van der Waals surface area (Å²) in [6, 6.07) is 7.41. The number of aromatic nitrogens is 2. The van der Waals surface area contributed by atoms with Gasteiger partial charge in [0.25, 0.3) is 0 Å². The van der Waals surface area contributed by atoms with Crippen molar-refractivity contribution < 1.29 is 9.63 Å². The molecule has 2 heterocycles. The molecule has 1 unspecified atom stereocenters. The quantitative estimate of drug-likeness (QED) is 0.910. The third kappa shape index (κ3) is 4.31. The Kier molecular flexibility index (Phi) is 5.30. The van der Waals surface area contributed by atoms with Crippen LogP contribution in [0.2, 0.25) is 5.02 Å².